The molecule has 0 rings (SSSR count). The van der Waals surface area contributed by atoms with Gasteiger partial charge in [-0.25, -0.2) is 0 Å². The van der Waals surface area contributed by atoms with Crippen LogP contribution in [0.2, 0.25) is 0 Å². The Morgan fingerprint density at radius 2 is 1.32 bits per heavy atom. The normalized spacial score (nSPS) is 13.6. The standard InChI is InChI=1S/C24H43N/c1-20(2)11-9-13-22(5)16-17-24(15-7-8-18-25)19-23(6)14-10-12-21(3)4/h11-12,16,19,24H,7-10,13-15,17-18,25H2,1-6H3. The van der Waals surface area contributed by atoms with Crippen LogP contribution in [0.25, 0.3) is 0 Å². The average molecular weight is 346 g/mol. The topological polar surface area (TPSA) is 26.0 Å². The van der Waals surface area contributed by atoms with Gasteiger partial charge in [-0.2, -0.15) is 0 Å². The lowest BCUT2D eigenvalue weighted by atomic mass is 9.93. The van der Waals surface area contributed by atoms with Crippen LogP contribution in [0.1, 0.15) is 92.9 Å². The van der Waals surface area contributed by atoms with Crippen molar-refractivity contribution in [3.05, 3.63) is 46.6 Å². The number of unbranched alkanes of at least 4 members (excludes halogenated alkanes) is 1. The summed E-state index contributed by atoms with van der Waals surface area (Å²) in [6, 6.07) is 0. The van der Waals surface area contributed by atoms with Crippen LogP contribution in [0.3, 0.4) is 0 Å². The molecule has 0 bridgehead atoms. The van der Waals surface area contributed by atoms with Crippen molar-refractivity contribution in [2.75, 3.05) is 6.54 Å². The van der Waals surface area contributed by atoms with Gasteiger partial charge in [0.15, 0.2) is 0 Å². The van der Waals surface area contributed by atoms with Gasteiger partial charge in [-0.1, -0.05) is 53.0 Å². The summed E-state index contributed by atoms with van der Waals surface area (Å²) in [7, 11) is 0. The van der Waals surface area contributed by atoms with E-state index < -0.39 is 0 Å². The first-order valence-corrected chi connectivity index (χ1v) is 10.1. The Kier molecular flexibility index (Phi) is 14.5. The molecule has 1 nitrogen and oxygen atoms in total. The van der Waals surface area contributed by atoms with Gasteiger partial charge in [0.1, 0.15) is 0 Å². The van der Waals surface area contributed by atoms with E-state index in [2.05, 4.69) is 65.8 Å². The van der Waals surface area contributed by atoms with Crippen LogP contribution >= 0.6 is 0 Å². The Morgan fingerprint density at radius 3 is 1.84 bits per heavy atom. The molecule has 0 aliphatic heterocycles. The molecule has 0 aromatic rings. The Labute approximate surface area is 158 Å². The van der Waals surface area contributed by atoms with Crippen molar-refractivity contribution in [1.29, 1.82) is 0 Å². The van der Waals surface area contributed by atoms with Crippen LogP contribution in [0.15, 0.2) is 46.6 Å². The predicted molar refractivity (Wildman–Crippen MR) is 116 cm³/mol. The first-order valence-electron chi connectivity index (χ1n) is 10.1. The molecule has 1 heteroatoms. The highest BCUT2D eigenvalue weighted by atomic mass is 14.5. The quantitative estimate of drug-likeness (QED) is 0.271. The maximum Gasteiger partial charge on any atom is -0.00773 e. The number of allylic oxidation sites excluding steroid dienone is 8. The van der Waals surface area contributed by atoms with Gasteiger partial charge in [-0.05, 0) is 99.0 Å². The third kappa shape index (κ3) is 16.2. The van der Waals surface area contributed by atoms with Crippen molar-refractivity contribution in [3.63, 3.8) is 0 Å². The molecule has 0 fully saturated rings. The van der Waals surface area contributed by atoms with E-state index in [9.17, 15) is 0 Å². The maximum atomic E-state index is 5.67. The van der Waals surface area contributed by atoms with Gasteiger partial charge in [-0.15, -0.1) is 0 Å². The Hall–Kier alpha value is -1.08. The number of hydrogen-bond donors (Lipinski definition) is 1. The Bertz CT molecular complexity index is 454. The minimum absolute atomic E-state index is 0.664. The minimum Gasteiger partial charge on any atom is -0.330 e. The molecule has 0 aliphatic carbocycles. The van der Waals surface area contributed by atoms with Gasteiger partial charge < -0.3 is 5.73 Å². The molecule has 2 N–H and O–H groups in total. The van der Waals surface area contributed by atoms with E-state index in [1.165, 1.54) is 60.8 Å². The van der Waals surface area contributed by atoms with Crippen molar-refractivity contribution < 1.29 is 0 Å². The molecule has 25 heavy (non-hydrogen) atoms. The second-order valence-electron chi connectivity index (χ2n) is 7.98. The zero-order valence-electron chi connectivity index (χ0n) is 17.8. The first-order chi connectivity index (χ1) is 11.8. The fourth-order valence-corrected chi connectivity index (χ4v) is 2.94. The molecular formula is C24H43N. The number of nitrogens with two attached hydrogens (primary N) is 1. The summed E-state index contributed by atoms with van der Waals surface area (Å²) in [5.41, 5.74) is 11.6. The molecule has 0 radical (unpaired) electrons. The van der Waals surface area contributed by atoms with Crippen molar-refractivity contribution in [1.82, 2.24) is 0 Å². The second-order valence-corrected chi connectivity index (χ2v) is 7.98. The molecule has 0 heterocycles. The zero-order chi connectivity index (χ0) is 19.1. The average Bonchev–Trinajstić information content (AvgIpc) is 2.51. The fourth-order valence-electron chi connectivity index (χ4n) is 2.94. The molecule has 0 saturated heterocycles. The lowest BCUT2D eigenvalue weighted by Gasteiger charge is -2.13. The molecule has 0 amide bonds. The van der Waals surface area contributed by atoms with E-state index in [0.29, 0.717) is 5.92 Å². The van der Waals surface area contributed by atoms with Crippen LogP contribution in [0.5, 0.6) is 0 Å². The molecule has 0 aromatic carbocycles. The summed E-state index contributed by atoms with van der Waals surface area (Å²) in [5.74, 6) is 0.664. The summed E-state index contributed by atoms with van der Waals surface area (Å²) in [5, 5.41) is 0. The third-order valence-corrected chi connectivity index (χ3v) is 4.50. The highest BCUT2D eigenvalue weighted by Gasteiger charge is 2.05. The Morgan fingerprint density at radius 1 is 0.760 bits per heavy atom. The van der Waals surface area contributed by atoms with Gasteiger partial charge in [0, 0.05) is 0 Å². The molecule has 1 atom stereocenters. The summed E-state index contributed by atoms with van der Waals surface area (Å²) < 4.78 is 0. The number of rotatable bonds is 13. The van der Waals surface area contributed by atoms with Gasteiger partial charge in [0.25, 0.3) is 0 Å². The lowest BCUT2D eigenvalue weighted by molar-refractivity contribution is 0.546. The molecule has 0 aromatic heterocycles. The van der Waals surface area contributed by atoms with Gasteiger partial charge in [0.05, 0.1) is 0 Å². The van der Waals surface area contributed by atoms with Crippen molar-refractivity contribution in [2.24, 2.45) is 11.7 Å². The van der Waals surface area contributed by atoms with Crippen LogP contribution in [-0.2, 0) is 0 Å². The summed E-state index contributed by atoms with van der Waals surface area (Å²) in [4.78, 5) is 0. The lowest BCUT2D eigenvalue weighted by Crippen LogP contribution is -2.02. The van der Waals surface area contributed by atoms with Gasteiger partial charge in [0.2, 0.25) is 0 Å². The molecule has 0 spiro atoms. The first kappa shape index (κ1) is 23.9. The van der Waals surface area contributed by atoms with Crippen LogP contribution in [0, 0.1) is 5.92 Å². The van der Waals surface area contributed by atoms with Crippen molar-refractivity contribution in [3.8, 4) is 0 Å². The van der Waals surface area contributed by atoms with E-state index in [1.807, 2.05) is 0 Å². The van der Waals surface area contributed by atoms with E-state index in [0.717, 1.165) is 19.4 Å². The van der Waals surface area contributed by atoms with Crippen molar-refractivity contribution >= 4 is 0 Å². The van der Waals surface area contributed by atoms with Gasteiger partial charge >= 0.3 is 0 Å². The van der Waals surface area contributed by atoms with Crippen LogP contribution in [0.4, 0.5) is 0 Å². The maximum absolute atomic E-state index is 5.67. The molecule has 1 unspecified atom stereocenters. The fraction of sp³-hybridized carbons (Fsp3) is 0.667. The summed E-state index contributed by atoms with van der Waals surface area (Å²) in [6.45, 7) is 14.1. The highest BCUT2D eigenvalue weighted by Crippen LogP contribution is 2.21. The monoisotopic (exact) mass is 345 g/mol. The summed E-state index contributed by atoms with van der Waals surface area (Å²) >= 11 is 0. The predicted octanol–water partition coefficient (Wildman–Crippen LogP) is 7.51. The van der Waals surface area contributed by atoms with Crippen LogP contribution in [-0.4, -0.2) is 6.54 Å². The van der Waals surface area contributed by atoms with Gasteiger partial charge in [-0.3, -0.25) is 0 Å². The summed E-state index contributed by atoms with van der Waals surface area (Å²) in [6.07, 6.45) is 19.2. The van der Waals surface area contributed by atoms with Crippen LogP contribution < -0.4 is 5.73 Å². The van der Waals surface area contributed by atoms with E-state index in [4.69, 9.17) is 5.73 Å². The smallest absolute Gasteiger partial charge is 0.00773 e. The molecule has 144 valence electrons. The third-order valence-electron chi connectivity index (χ3n) is 4.50. The molecule has 0 aliphatic rings. The largest absolute Gasteiger partial charge is 0.330 e. The second kappa shape index (κ2) is 15.2. The minimum atomic E-state index is 0.664. The number of hydrogen-bond acceptors (Lipinski definition) is 1. The highest BCUT2D eigenvalue weighted by molar-refractivity contribution is 5.08. The zero-order valence-corrected chi connectivity index (χ0v) is 17.8. The van der Waals surface area contributed by atoms with E-state index in [-0.39, 0.29) is 0 Å². The van der Waals surface area contributed by atoms with E-state index >= 15 is 0 Å². The molecule has 0 saturated carbocycles. The SMILES string of the molecule is CC(C)=CCCC(C)=CCC(C=C(C)CCC=C(C)C)CCCCN. The van der Waals surface area contributed by atoms with E-state index in [1.54, 1.807) is 0 Å². The Balaban J connectivity index is 4.63. The molecular weight excluding hydrogens is 302 g/mol. The van der Waals surface area contributed by atoms with Crippen molar-refractivity contribution in [2.45, 2.75) is 92.9 Å².